The minimum atomic E-state index is -0.614. The lowest BCUT2D eigenvalue weighted by molar-refractivity contribution is 0.00850. The topological polar surface area (TPSA) is 66.0 Å². The molecule has 36 heavy (non-hydrogen) atoms. The highest BCUT2D eigenvalue weighted by molar-refractivity contribution is 7.11. The summed E-state index contributed by atoms with van der Waals surface area (Å²) in [5.41, 5.74) is 0.918. The SMILES string of the molecule is O=C(c1ccc(OCc2cccc(Cl)c2Cl)c(F)c1)N1CC(N2CCN(C(=O)c3nccs3)CC2)C1. The van der Waals surface area contributed by atoms with Gasteiger partial charge >= 0.3 is 0 Å². The summed E-state index contributed by atoms with van der Waals surface area (Å²) in [4.78, 5) is 35.3. The van der Waals surface area contributed by atoms with Crippen LogP contribution in [0.25, 0.3) is 0 Å². The van der Waals surface area contributed by atoms with Gasteiger partial charge in [0, 0.05) is 68.0 Å². The molecule has 0 atom stereocenters. The van der Waals surface area contributed by atoms with E-state index in [-0.39, 0.29) is 35.8 Å². The van der Waals surface area contributed by atoms with Crippen molar-refractivity contribution in [1.29, 1.82) is 0 Å². The van der Waals surface area contributed by atoms with Crippen molar-refractivity contribution in [2.24, 2.45) is 0 Å². The number of hydrogen-bond acceptors (Lipinski definition) is 6. The molecule has 0 bridgehead atoms. The second-order valence-corrected chi connectivity index (χ2v) is 10.4. The first kappa shape index (κ1) is 25.0. The molecule has 3 aromatic rings. The molecule has 7 nitrogen and oxygen atoms in total. The molecule has 0 radical (unpaired) electrons. The van der Waals surface area contributed by atoms with Gasteiger partial charge in [-0.3, -0.25) is 14.5 Å². The molecule has 2 fully saturated rings. The third-order valence-corrected chi connectivity index (χ3v) is 8.10. The number of benzene rings is 2. The van der Waals surface area contributed by atoms with Crippen LogP contribution in [0.4, 0.5) is 4.39 Å². The lowest BCUT2D eigenvalue weighted by Gasteiger charge is -2.48. The smallest absolute Gasteiger partial charge is 0.282 e. The van der Waals surface area contributed by atoms with E-state index in [0.29, 0.717) is 46.8 Å². The molecule has 2 amide bonds. The summed E-state index contributed by atoms with van der Waals surface area (Å²) in [6.07, 6.45) is 1.64. The molecule has 0 saturated carbocycles. The number of thiazole rings is 1. The largest absolute Gasteiger partial charge is 0.486 e. The fraction of sp³-hybridized carbons (Fsp3) is 0.320. The van der Waals surface area contributed by atoms with Crippen LogP contribution in [0.15, 0.2) is 48.0 Å². The minimum Gasteiger partial charge on any atom is -0.486 e. The number of rotatable bonds is 6. The van der Waals surface area contributed by atoms with E-state index in [2.05, 4.69) is 9.88 Å². The number of aromatic nitrogens is 1. The van der Waals surface area contributed by atoms with Crippen LogP contribution in [-0.2, 0) is 6.61 Å². The summed E-state index contributed by atoms with van der Waals surface area (Å²) >= 11 is 13.5. The predicted molar refractivity (Wildman–Crippen MR) is 136 cm³/mol. The van der Waals surface area contributed by atoms with E-state index >= 15 is 0 Å². The van der Waals surface area contributed by atoms with Crippen molar-refractivity contribution < 1.29 is 18.7 Å². The Bertz CT molecular complexity index is 1260. The first-order chi connectivity index (χ1) is 17.4. The van der Waals surface area contributed by atoms with Crippen molar-refractivity contribution in [3.63, 3.8) is 0 Å². The van der Waals surface area contributed by atoms with Crippen LogP contribution in [0.3, 0.4) is 0 Å². The van der Waals surface area contributed by atoms with Gasteiger partial charge in [0.15, 0.2) is 16.6 Å². The zero-order valence-electron chi connectivity index (χ0n) is 19.2. The van der Waals surface area contributed by atoms with Gasteiger partial charge in [-0.05, 0) is 24.3 Å². The van der Waals surface area contributed by atoms with Gasteiger partial charge in [0.1, 0.15) is 6.61 Å². The second-order valence-electron chi connectivity index (χ2n) is 8.68. The van der Waals surface area contributed by atoms with E-state index in [4.69, 9.17) is 27.9 Å². The van der Waals surface area contributed by atoms with Crippen LogP contribution in [0, 0.1) is 5.82 Å². The Morgan fingerprint density at radius 1 is 1.06 bits per heavy atom. The summed E-state index contributed by atoms with van der Waals surface area (Å²) in [5.74, 6) is -0.821. The first-order valence-corrected chi connectivity index (χ1v) is 13.1. The monoisotopic (exact) mass is 548 g/mol. The van der Waals surface area contributed by atoms with Gasteiger partial charge in [-0.25, -0.2) is 9.37 Å². The van der Waals surface area contributed by atoms with E-state index in [0.717, 1.165) is 13.1 Å². The molecule has 0 spiro atoms. The van der Waals surface area contributed by atoms with Crippen molar-refractivity contribution in [3.8, 4) is 5.75 Å². The van der Waals surface area contributed by atoms with Gasteiger partial charge in [-0.15, -0.1) is 11.3 Å². The van der Waals surface area contributed by atoms with Gasteiger partial charge in [0.2, 0.25) is 0 Å². The molecule has 3 heterocycles. The number of amides is 2. The van der Waals surface area contributed by atoms with E-state index in [1.807, 2.05) is 4.90 Å². The average Bonchev–Trinajstić information content (AvgIpc) is 3.40. The van der Waals surface area contributed by atoms with E-state index in [9.17, 15) is 14.0 Å². The highest BCUT2D eigenvalue weighted by Crippen LogP contribution is 2.28. The van der Waals surface area contributed by atoms with Gasteiger partial charge in [0.05, 0.1) is 10.0 Å². The molecule has 5 rings (SSSR count). The molecule has 2 aliphatic heterocycles. The van der Waals surface area contributed by atoms with Crippen LogP contribution in [0.5, 0.6) is 5.75 Å². The number of nitrogens with zero attached hydrogens (tertiary/aromatic N) is 4. The second kappa shape index (κ2) is 10.7. The Labute approximate surface area is 222 Å². The van der Waals surface area contributed by atoms with Crippen LogP contribution < -0.4 is 4.74 Å². The van der Waals surface area contributed by atoms with Crippen LogP contribution in [0.1, 0.15) is 25.7 Å². The van der Waals surface area contributed by atoms with Crippen molar-refractivity contribution in [3.05, 3.63) is 80.0 Å². The zero-order valence-corrected chi connectivity index (χ0v) is 21.5. The Balaban J connectivity index is 1.11. The maximum absolute atomic E-state index is 14.7. The standard InChI is InChI=1S/C25H23Cl2FN4O3S/c26-19-3-1-2-17(22(19)27)15-35-21-5-4-16(12-20(21)28)24(33)32-13-18(14-32)30-7-9-31(10-8-30)25(34)23-29-6-11-36-23/h1-6,11-12,18H,7-10,13-15H2. The molecule has 2 aromatic carbocycles. The van der Waals surface area contributed by atoms with E-state index < -0.39 is 5.82 Å². The summed E-state index contributed by atoms with van der Waals surface area (Å²) in [6.45, 7) is 3.98. The molecular weight excluding hydrogens is 526 g/mol. The van der Waals surface area contributed by atoms with Crippen molar-refractivity contribution >= 4 is 46.4 Å². The molecule has 0 unspecified atom stereocenters. The highest BCUT2D eigenvalue weighted by Gasteiger charge is 2.37. The molecule has 1 aromatic heterocycles. The normalized spacial score (nSPS) is 16.6. The lowest BCUT2D eigenvalue weighted by Crippen LogP contribution is -2.64. The predicted octanol–water partition coefficient (Wildman–Crippen LogP) is 4.45. The third kappa shape index (κ3) is 5.20. The summed E-state index contributed by atoms with van der Waals surface area (Å²) in [6, 6.07) is 9.62. The van der Waals surface area contributed by atoms with Crippen molar-refractivity contribution in [1.82, 2.24) is 19.7 Å². The third-order valence-electron chi connectivity index (χ3n) is 6.48. The van der Waals surface area contributed by atoms with E-state index in [1.165, 1.54) is 23.5 Å². The van der Waals surface area contributed by atoms with Gasteiger partial charge in [-0.2, -0.15) is 0 Å². The van der Waals surface area contributed by atoms with Gasteiger partial charge in [0.25, 0.3) is 11.8 Å². The van der Waals surface area contributed by atoms with E-state index in [1.54, 1.807) is 40.7 Å². The molecule has 2 saturated heterocycles. The molecule has 188 valence electrons. The lowest BCUT2D eigenvalue weighted by atomic mass is 10.0. The summed E-state index contributed by atoms with van der Waals surface area (Å²) < 4.78 is 20.2. The first-order valence-electron chi connectivity index (χ1n) is 11.5. The Hall–Kier alpha value is -2.72. The molecular formula is C25H23Cl2FN4O3S. The number of likely N-dealkylation sites (tertiary alicyclic amines) is 1. The maximum Gasteiger partial charge on any atom is 0.282 e. The Morgan fingerprint density at radius 3 is 2.53 bits per heavy atom. The minimum absolute atomic E-state index is 0.0276. The number of ether oxygens (including phenoxy) is 1. The maximum atomic E-state index is 14.7. The quantitative estimate of drug-likeness (QED) is 0.455. The van der Waals surface area contributed by atoms with Gasteiger partial charge in [-0.1, -0.05) is 35.3 Å². The fourth-order valence-electron chi connectivity index (χ4n) is 4.36. The Kier molecular flexibility index (Phi) is 7.43. The molecule has 0 N–H and O–H groups in total. The molecule has 0 aliphatic carbocycles. The number of carbonyl (C=O) groups excluding carboxylic acids is 2. The van der Waals surface area contributed by atoms with Crippen LogP contribution in [-0.4, -0.2) is 76.8 Å². The van der Waals surface area contributed by atoms with Crippen molar-refractivity contribution in [2.75, 3.05) is 39.3 Å². The highest BCUT2D eigenvalue weighted by atomic mass is 35.5. The molecule has 11 heteroatoms. The number of hydrogen-bond donors (Lipinski definition) is 0. The Morgan fingerprint density at radius 2 is 1.83 bits per heavy atom. The molecule has 2 aliphatic rings. The number of halogens is 3. The number of carbonyl (C=O) groups is 2. The summed E-state index contributed by atoms with van der Waals surface area (Å²) in [7, 11) is 0. The zero-order chi connectivity index (χ0) is 25.2. The van der Waals surface area contributed by atoms with Gasteiger partial charge < -0.3 is 14.5 Å². The van der Waals surface area contributed by atoms with Crippen LogP contribution in [0.2, 0.25) is 10.0 Å². The average molecular weight is 549 g/mol. The summed E-state index contributed by atoms with van der Waals surface area (Å²) in [5, 5.41) is 3.08. The van der Waals surface area contributed by atoms with Crippen LogP contribution >= 0.6 is 34.5 Å². The van der Waals surface area contributed by atoms with Crippen molar-refractivity contribution in [2.45, 2.75) is 12.6 Å². The fourth-order valence-corrected chi connectivity index (χ4v) is 5.33. The number of piperazine rings is 1.